The zero-order valence-corrected chi connectivity index (χ0v) is 23.5. The molecule has 3 aromatic rings. The smallest absolute Gasteiger partial charge is 0.198 e. The minimum Gasteiger partial charge on any atom is -0.488 e. The number of aromatic nitrogens is 2. The van der Waals surface area contributed by atoms with Crippen molar-refractivity contribution in [2.24, 2.45) is 0 Å². The van der Waals surface area contributed by atoms with Crippen molar-refractivity contribution in [2.45, 2.75) is 64.4 Å². The summed E-state index contributed by atoms with van der Waals surface area (Å²) >= 11 is 1.37. The van der Waals surface area contributed by atoms with Gasteiger partial charge in [0.1, 0.15) is 28.5 Å². The van der Waals surface area contributed by atoms with Gasteiger partial charge in [0.25, 0.3) is 0 Å². The van der Waals surface area contributed by atoms with Crippen LogP contribution in [-0.4, -0.2) is 59.6 Å². The van der Waals surface area contributed by atoms with Gasteiger partial charge in [-0.25, -0.2) is 14.4 Å². The van der Waals surface area contributed by atoms with Crippen LogP contribution in [-0.2, 0) is 4.74 Å². The first-order chi connectivity index (χ1) is 19.0. The summed E-state index contributed by atoms with van der Waals surface area (Å²) in [6.07, 6.45) is 9.60. The first kappa shape index (κ1) is 27.7. The van der Waals surface area contributed by atoms with Gasteiger partial charge in [0.05, 0.1) is 35.3 Å². The summed E-state index contributed by atoms with van der Waals surface area (Å²) in [5.41, 5.74) is 2.09. The molecule has 2 aromatic heterocycles. The second-order valence-corrected chi connectivity index (χ2v) is 11.4. The van der Waals surface area contributed by atoms with Crippen molar-refractivity contribution in [3.63, 3.8) is 0 Å². The van der Waals surface area contributed by atoms with E-state index in [1.54, 1.807) is 6.07 Å². The summed E-state index contributed by atoms with van der Waals surface area (Å²) in [6.45, 7) is 10.6. The van der Waals surface area contributed by atoms with Crippen LogP contribution >= 0.6 is 11.3 Å². The minimum atomic E-state index is -0.345. The van der Waals surface area contributed by atoms with Crippen molar-refractivity contribution in [3.05, 3.63) is 52.9 Å². The zero-order valence-electron chi connectivity index (χ0n) is 22.6. The van der Waals surface area contributed by atoms with Gasteiger partial charge in [-0.3, -0.25) is 9.69 Å². The quantitative estimate of drug-likeness (QED) is 0.159. The lowest BCUT2D eigenvalue weighted by Crippen LogP contribution is -2.36. The van der Waals surface area contributed by atoms with E-state index in [1.165, 1.54) is 36.2 Å². The maximum Gasteiger partial charge on any atom is 0.198 e. The van der Waals surface area contributed by atoms with Crippen LogP contribution in [0, 0.1) is 12.7 Å². The van der Waals surface area contributed by atoms with Crippen LogP contribution in [0.4, 0.5) is 15.9 Å². The standard InChI is InChI=1S/C30H37FN4O3S/c1-20(8-6-7-13-35-14-16-37-17-15-35)27(36)28-21(2)26-29(32-19-33-30(26)39-28)34-24-12-11-22(31)18-25(24)38-23-9-4-3-5-10-23/h11-12,18-19,23H,1,3-10,13-17H2,2H3,(H,32,33,34). The van der Waals surface area contributed by atoms with Gasteiger partial charge in [0, 0.05) is 19.2 Å². The number of Topliss-reactive ketones (excluding diaryl/α,β-unsaturated/α-hetero) is 1. The molecule has 1 aliphatic carbocycles. The van der Waals surface area contributed by atoms with Gasteiger partial charge in [-0.1, -0.05) is 13.0 Å². The van der Waals surface area contributed by atoms with Crippen molar-refractivity contribution in [3.8, 4) is 5.75 Å². The monoisotopic (exact) mass is 552 g/mol. The van der Waals surface area contributed by atoms with Crippen molar-refractivity contribution >= 4 is 38.8 Å². The third-order valence-corrected chi connectivity index (χ3v) is 8.80. The largest absolute Gasteiger partial charge is 0.488 e. The van der Waals surface area contributed by atoms with Gasteiger partial charge in [0.2, 0.25) is 0 Å². The number of ether oxygens (including phenoxy) is 2. The van der Waals surface area contributed by atoms with Crippen molar-refractivity contribution < 1.29 is 18.7 Å². The number of carbonyl (C=O) groups excluding carboxylic acids is 1. The first-order valence-electron chi connectivity index (χ1n) is 14.0. The van der Waals surface area contributed by atoms with Gasteiger partial charge in [0.15, 0.2) is 5.78 Å². The average Bonchev–Trinajstić information content (AvgIpc) is 3.30. The molecule has 0 amide bonds. The van der Waals surface area contributed by atoms with E-state index in [1.807, 2.05) is 6.92 Å². The molecule has 0 unspecified atom stereocenters. The van der Waals surface area contributed by atoms with Gasteiger partial charge in [-0.2, -0.15) is 0 Å². The third kappa shape index (κ3) is 6.83. The lowest BCUT2D eigenvalue weighted by Gasteiger charge is -2.26. The molecule has 5 rings (SSSR count). The molecule has 1 N–H and O–H groups in total. The Morgan fingerprint density at radius 2 is 2.00 bits per heavy atom. The Labute approximate surface area is 233 Å². The number of nitrogens with zero attached hydrogens (tertiary/aromatic N) is 3. The molecule has 9 heteroatoms. The number of hydrogen-bond donors (Lipinski definition) is 1. The summed E-state index contributed by atoms with van der Waals surface area (Å²) in [7, 11) is 0. The number of thiophene rings is 1. The minimum absolute atomic E-state index is 0.0316. The van der Waals surface area contributed by atoms with Crippen LogP contribution in [0.1, 0.15) is 66.6 Å². The Hall–Kier alpha value is -2.88. The van der Waals surface area contributed by atoms with E-state index in [4.69, 9.17) is 9.47 Å². The topological polar surface area (TPSA) is 76.6 Å². The fourth-order valence-electron chi connectivity index (χ4n) is 5.34. The number of nitrogens with one attached hydrogen (secondary N) is 1. The number of morpholine rings is 1. The third-order valence-electron chi connectivity index (χ3n) is 7.60. The number of hydrogen-bond acceptors (Lipinski definition) is 8. The first-order valence-corrected chi connectivity index (χ1v) is 14.8. The Kier molecular flexibility index (Phi) is 9.21. The molecular weight excluding hydrogens is 515 g/mol. The molecule has 2 aliphatic rings. The Balaban J connectivity index is 1.29. The molecule has 1 saturated heterocycles. The molecular formula is C30H37FN4O3S. The maximum absolute atomic E-state index is 14.1. The zero-order chi connectivity index (χ0) is 27.2. The number of unbranched alkanes of at least 4 members (excludes halogenated alkanes) is 1. The van der Waals surface area contributed by atoms with E-state index in [9.17, 15) is 9.18 Å². The van der Waals surface area contributed by atoms with E-state index in [0.29, 0.717) is 34.1 Å². The van der Waals surface area contributed by atoms with Gasteiger partial charge >= 0.3 is 0 Å². The Bertz CT molecular complexity index is 1320. The highest BCUT2D eigenvalue weighted by Crippen LogP contribution is 2.38. The highest BCUT2D eigenvalue weighted by Gasteiger charge is 2.23. The number of carbonyl (C=O) groups is 1. The second kappa shape index (κ2) is 13.0. The molecule has 39 heavy (non-hydrogen) atoms. The van der Waals surface area contributed by atoms with Crippen LogP contribution in [0.25, 0.3) is 10.2 Å². The van der Waals surface area contributed by atoms with E-state index < -0.39 is 0 Å². The normalized spacial score (nSPS) is 16.9. The second-order valence-electron chi connectivity index (χ2n) is 10.4. The summed E-state index contributed by atoms with van der Waals surface area (Å²) < 4.78 is 25.8. The van der Waals surface area contributed by atoms with Crippen molar-refractivity contribution in [1.82, 2.24) is 14.9 Å². The predicted octanol–water partition coefficient (Wildman–Crippen LogP) is 6.84. The number of fused-ring (bicyclic) bond motifs is 1. The number of rotatable bonds is 11. The predicted molar refractivity (Wildman–Crippen MR) is 154 cm³/mol. The number of aryl methyl sites for hydroxylation is 1. The number of ketones is 1. The molecule has 0 atom stereocenters. The fourth-order valence-corrected chi connectivity index (χ4v) is 6.48. The molecule has 3 heterocycles. The molecule has 7 nitrogen and oxygen atoms in total. The molecule has 1 aromatic carbocycles. The summed E-state index contributed by atoms with van der Waals surface area (Å²) in [4.78, 5) is 26.1. The van der Waals surface area contributed by atoms with Gasteiger partial charge in [-0.15, -0.1) is 11.3 Å². The highest BCUT2D eigenvalue weighted by atomic mass is 32.1. The highest BCUT2D eigenvalue weighted by molar-refractivity contribution is 7.20. The maximum atomic E-state index is 14.1. The van der Waals surface area contributed by atoms with Crippen LogP contribution in [0.3, 0.4) is 0 Å². The van der Waals surface area contributed by atoms with E-state index in [2.05, 4.69) is 26.8 Å². The number of allylic oxidation sites excluding steroid dienone is 1. The number of anilines is 2. The van der Waals surface area contributed by atoms with Gasteiger partial charge in [-0.05, 0) is 81.7 Å². The Morgan fingerprint density at radius 1 is 1.21 bits per heavy atom. The molecule has 1 aliphatic heterocycles. The average molecular weight is 553 g/mol. The molecule has 1 saturated carbocycles. The lowest BCUT2D eigenvalue weighted by atomic mass is 9.98. The van der Waals surface area contributed by atoms with E-state index in [0.717, 1.165) is 87.2 Å². The van der Waals surface area contributed by atoms with Crippen molar-refractivity contribution in [2.75, 3.05) is 38.2 Å². The van der Waals surface area contributed by atoms with Crippen molar-refractivity contribution in [1.29, 1.82) is 0 Å². The van der Waals surface area contributed by atoms with E-state index in [-0.39, 0.29) is 17.7 Å². The summed E-state index contributed by atoms with van der Waals surface area (Å²) in [5.74, 6) is 0.672. The fraction of sp³-hybridized carbons (Fsp3) is 0.500. The number of benzene rings is 1. The summed E-state index contributed by atoms with van der Waals surface area (Å²) in [6, 6.07) is 4.51. The molecule has 0 radical (unpaired) electrons. The molecule has 2 fully saturated rings. The molecule has 0 spiro atoms. The van der Waals surface area contributed by atoms with Gasteiger partial charge < -0.3 is 14.8 Å². The van der Waals surface area contributed by atoms with Crippen LogP contribution in [0.15, 0.2) is 36.7 Å². The SMILES string of the molecule is C=C(CCCCN1CCOCC1)C(=O)c1sc2ncnc(Nc3ccc(F)cc3OC3CCCCC3)c2c1C. The number of halogens is 1. The lowest BCUT2D eigenvalue weighted by molar-refractivity contribution is 0.0372. The Morgan fingerprint density at radius 3 is 2.79 bits per heavy atom. The van der Waals surface area contributed by atoms with Crippen LogP contribution < -0.4 is 10.1 Å². The van der Waals surface area contributed by atoms with Crippen LogP contribution in [0.5, 0.6) is 5.75 Å². The molecule has 208 valence electrons. The summed E-state index contributed by atoms with van der Waals surface area (Å²) in [5, 5.41) is 4.13. The molecule has 0 bridgehead atoms. The van der Waals surface area contributed by atoms with E-state index >= 15 is 0 Å². The van der Waals surface area contributed by atoms with Crippen LogP contribution in [0.2, 0.25) is 0 Å².